The van der Waals surface area contributed by atoms with Crippen molar-refractivity contribution in [3.8, 4) is 0 Å². The summed E-state index contributed by atoms with van der Waals surface area (Å²) in [6.07, 6.45) is 0.0261. The van der Waals surface area contributed by atoms with Crippen molar-refractivity contribution in [2.45, 2.75) is 31.0 Å². The van der Waals surface area contributed by atoms with Crippen molar-refractivity contribution in [1.29, 1.82) is 0 Å². The van der Waals surface area contributed by atoms with Crippen molar-refractivity contribution in [2.75, 3.05) is 13.2 Å². The third kappa shape index (κ3) is 2.21. The lowest BCUT2D eigenvalue weighted by Crippen LogP contribution is -2.37. The van der Waals surface area contributed by atoms with Crippen LogP contribution in [-0.2, 0) is 20.8 Å². The minimum atomic E-state index is -0.00896. The van der Waals surface area contributed by atoms with Crippen LogP contribution < -0.4 is 5.73 Å². The molecule has 4 nitrogen and oxygen atoms in total. The fourth-order valence-electron chi connectivity index (χ4n) is 2.41. The second kappa shape index (κ2) is 4.74. The number of rotatable bonds is 3. The molecule has 2 aliphatic heterocycles. The lowest BCUT2D eigenvalue weighted by Gasteiger charge is -2.16. The zero-order valence-electron chi connectivity index (χ0n) is 9.62. The Balaban J connectivity index is 1.57. The molecule has 2 aliphatic rings. The molecule has 0 bridgehead atoms. The van der Waals surface area contributed by atoms with E-state index in [1.165, 1.54) is 5.56 Å². The molecule has 0 unspecified atom stereocenters. The highest BCUT2D eigenvalue weighted by atomic mass is 16.6. The third-order valence-corrected chi connectivity index (χ3v) is 3.35. The number of hydrogen-bond donors (Lipinski definition) is 1. The second-order valence-corrected chi connectivity index (χ2v) is 4.59. The van der Waals surface area contributed by atoms with Crippen LogP contribution in [0.1, 0.15) is 5.56 Å². The van der Waals surface area contributed by atoms with Gasteiger partial charge in [-0.3, -0.25) is 0 Å². The quantitative estimate of drug-likeness (QED) is 0.837. The van der Waals surface area contributed by atoms with Gasteiger partial charge < -0.3 is 19.9 Å². The molecule has 1 aromatic rings. The van der Waals surface area contributed by atoms with Crippen molar-refractivity contribution < 1.29 is 14.2 Å². The predicted molar refractivity (Wildman–Crippen MR) is 62.5 cm³/mol. The smallest absolute Gasteiger partial charge is 0.114 e. The molecule has 0 aliphatic carbocycles. The molecule has 0 radical (unpaired) electrons. The van der Waals surface area contributed by atoms with Crippen LogP contribution >= 0.6 is 0 Å². The van der Waals surface area contributed by atoms with Gasteiger partial charge in [0.1, 0.15) is 18.3 Å². The normalized spacial score (nSPS) is 36.1. The van der Waals surface area contributed by atoms with Crippen LogP contribution in [0.15, 0.2) is 30.3 Å². The average Bonchev–Trinajstić information content (AvgIpc) is 2.92. The minimum absolute atomic E-state index is 0.00807. The topological polar surface area (TPSA) is 53.7 Å². The van der Waals surface area contributed by atoms with Gasteiger partial charge in [0.15, 0.2) is 0 Å². The molecule has 0 aromatic heterocycles. The van der Waals surface area contributed by atoms with E-state index in [0.29, 0.717) is 19.8 Å². The first-order valence-corrected chi connectivity index (χ1v) is 5.99. The minimum Gasteiger partial charge on any atom is -0.371 e. The third-order valence-electron chi connectivity index (χ3n) is 3.35. The zero-order valence-corrected chi connectivity index (χ0v) is 9.62. The van der Waals surface area contributed by atoms with Crippen LogP contribution in [0.3, 0.4) is 0 Å². The van der Waals surface area contributed by atoms with E-state index in [2.05, 4.69) is 12.1 Å². The monoisotopic (exact) mass is 235 g/mol. The lowest BCUT2D eigenvalue weighted by atomic mass is 10.1. The molecule has 0 spiro atoms. The summed E-state index contributed by atoms with van der Waals surface area (Å²) in [5, 5.41) is 0. The molecule has 2 fully saturated rings. The fourth-order valence-corrected chi connectivity index (χ4v) is 2.41. The Bertz CT molecular complexity index is 370. The summed E-state index contributed by atoms with van der Waals surface area (Å²) in [5.74, 6) is 0. The molecular weight excluding hydrogens is 218 g/mol. The summed E-state index contributed by atoms with van der Waals surface area (Å²) in [4.78, 5) is 0. The number of fused-ring (bicyclic) bond motifs is 1. The van der Waals surface area contributed by atoms with E-state index in [9.17, 15) is 0 Å². The lowest BCUT2D eigenvalue weighted by molar-refractivity contribution is -0.0389. The first-order valence-electron chi connectivity index (χ1n) is 5.99. The van der Waals surface area contributed by atoms with Gasteiger partial charge in [0.25, 0.3) is 0 Å². The van der Waals surface area contributed by atoms with E-state index < -0.39 is 0 Å². The molecule has 1 aromatic carbocycles. The maximum absolute atomic E-state index is 5.88. The summed E-state index contributed by atoms with van der Waals surface area (Å²) < 4.78 is 17.1. The van der Waals surface area contributed by atoms with Crippen LogP contribution in [0.5, 0.6) is 0 Å². The van der Waals surface area contributed by atoms with Gasteiger partial charge in [0.05, 0.1) is 25.9 Å². The van der Waals surface area contributed by atoms with Crippen LogP contribution in [-0.4, -0.2) is 37.6 Å². The Morgan fingerprint density at radius 2 is 1.88 bits per heavy atom. The number of hydrogen-bond acceptors (Lipinski definition) is 4. The largest absolute Gasteiger partial charge is 0.371 e. The van der Waals surface area contributed by atoms with Gasteiger partial charge in [0.2, 0.25) is 0 Å². The molecule has 0 amide bonds. The van der Waals surface area contributed by atoms with Crippen LogP contribution in [0.4, 0.5) is 0 Å². The van der Waals surface area contributed by atoms with Crippen molar-refractivity contribution >= 4 is 0 Å². The van der Waals surface area contributed by atoms with Gasteiger partial charge in [0, 0.05) is 0 Å². The molecule has 4 atom stereocenters. The molecule has 92 valence electrons. The van der Waals surface area contributed by atoms with Crippen molar-refractivity contribution in [3.63, 3.8) is 0 Å². The standard InChI is InChI=1S/C13H17NO3/c14-10-7-16-13-11(8-17-12(10)13)15-6-9-4-2-1-3-5-9/h1-5,10-13H,6-8,14H2/t10-,11-,12-,13-/m1/s1. The van der Waals surface area contributed by atoms with Crippen LogP contribution in [0, 0.1) is 0 Å². The van der Waals surface area contributed by atoms with Gasteiger partial charge in [-0.1, -0.05) is 30.3 Å². The molecule has 4 heteroatoms. The molecule has 17 heavy (non-hydrogen) atoms. The number of nitrogens with two attached hydrogens (primary N) is 1. The first-order chi connectivity index (χ1) is 8.34. The van der Waals surface area contributed by atoms with Crippen molar-refractivity contribution in [3.05, 3.63) is 35.9 Å². The second-order valence-electron chi connectivity index (χ2n) is 4.59. The van der Waals surface area contributed by atoms with E-state index >= 15 is 0 Å². The molecule has 2 saturated heterocycles. The molecule has 0 saturated carbocycles. The van der Waals surface area contributed by atoms with E-state index in [1.54, 1.807) is 0 Å². The van der Waals surface area contributed by atoms with Crippen LogP contribution in [0.25, 0.3) is 0 Å². The average molecular weight is 235 g/mol. The zero-order chi connectivity index (χ0) is 11.7. The summed E-state index contributed by atoms with van der Waals surface area (Å²) in [6, 6.07) is 10.1. The van der Waals surface area contributed by atoms with Gasteiger partial charge in [-0.15, -0.1) is 0 Å². The van der Waals surface area contributed by atoms with E-state index in [-0.39, 0.29) is 24.4 Å². The number of benzene rings is 1. The molecule has 2 N–H and O–H groups in total. The van der Waals surface area contributed by atoms with Crippen molar-refractivity contribution in [1.82, 2.24) is 0 Å². The Labute approximate surface area is 101 Å². The fraction of sp³-hybridized carbons (Fsp3) is 0.538. The van der Waals surface area contributed by atoms with E-state index in [4.69, 9.17) is 19.9 Å². The molecule has 2 heterocycles. The van der Waals surface area contributed by atoms with Crippen molar-refractivity contribution in [2.24, 2.45) is 5.73 Å². The summed E-state index contributed by atoms with van der Waals surface area (Å²) in [5.41, 5.74) is 7.05. The summed E-state index contributed by atoms with van der Waals surface area (Å²) in [6.45, 7) is 1.74. The Hall–Kier alpha value is -0.940. The first kappa shape index (κ1) is 11.2. The van der Waals surface area contributed by atoms with E-state index in [1.807, 2.05) is 18.2 Å². The molecule has 3 rings (SSSR count). The Morgan fingerprint density at radius 1 is 1.12 bits per heavy atom. The van der Waals surface area contributed by atoms with Gasteiger partial charge in [-0.25, -0.2) is 0 Å². The van der Waals surface area contributed by atoms with Gasteiger partial charge in [-0.05, 0) is 5.56 Å². The maximum atomic E-state index is 5.88. The molecular formula is C13H17NO3. The van der Waals surface area contributed by atoms with Gasteiger partial charge >= 0.3 is 0 Å². The number of ether oxygens (including phenoxy) is 3. The van der Waals surface area contributed by atoms with Gasteiger partial charge in [-0.2, -0.15) is 0 Å². The Morgan fingerprint density at radius 3 is 2.71 bits per heavy atom. The summed E-state index contributed by atoms with van der Waals surface area (Å²) in [7, 11) is 0. The van der Waals surface area contributed by atoms with Crippen LogP contribution in [0.2, 0.25) is 0 Å². The highest BCUT2D eigenvalue weighted by Gasteiger charge is 2.46. The SMILES string of the molecule is N[C@@H]1CO[C@H]2[C@@H]1OC[C@H]2OCc1ccccc1. The summed E-state index contributed by atoms with van der Waals surface area (Å²) >= 11 is 0. The maximum Gasteiger partial charge on any atom is 0.114 e. The highest BCUT2D eigenvalue weighted by Crippen LogP contribution is 2.28. The highest BCUT2D eigenvalue weighted by molar-refractivity contribution is 5.13. The Kier molecular flexibility index (Phi) is 3.11. The predicted octanol–water partition coefficient (Wildman–Crippen LogP) is 0.697. The van der Waals surface area contributed by atoms with E-state index in [0.717, 1.165) is 0 Å².